The maximum Gasteiger partial charge on any atom is 0.226 e. The van der Waals surface area contributed by atoms with E-state index in [-0.39, 0.29) is 5.91 Å². The molecule has 4 heteroatoms. The first kappa shape index (κ1) is 21.5. The Kier molecular flexibility index (Phi) is 10.2. The van der Waals surface area contributed by atoms with Crippen LogP contribution in [0.15, 0.2) is 35.6 Å². The van der Waals surface area contributed by atoms with Crippen molar-refractivity contribution in [2.24, 2.45) is 5.92 Å². The van der Waals surface area contributed by atoms with Crippen molar-refractivity contribution in [1.29, 1.82) is 0 Å². The number of nitrogens with zero attached hydrogens (tertiary/aromatic N) is 2. The van der Waals surface area contributed by atoms with Gasteiger partial charge >= 0.3 is 0 Å². The van der Waals surface area contributed by atoms with Gasteiger partial charge in [0, 0.05) is 14.1 Å². The predicted octanol–water partition coefficient (Wildman–Crippen LogP) is 4.01. The van der Waals surface area contributed by atoms with Crippen LogP contribution in [0.25, 0.3) is 0 Å². The lowest BCUT2D eigenvalue weighted by molar-refractivity contribution is -0.127. The summed E-state index contributed by atoms with van der Waals surface area (Å²) in [4.78, 5) is 15.8. The number of piperidine rings is 1. The number of likely N-dealkylation sites (tertiary alicyclic amines) is 1. The molecule has 0 unspecified atom stereocenters. The highest BCUT2D eigenvalue weighted by Gasteiger charge is 2.15. The molecule has 1 fully saturated rings. The summed E-state index contributed by atoms with van der Waals surface area (Å²) in [7, 11) is 5.77. The number of hydrogen-bond donors (Lipinski definition) is 0. The van der Waals surface area contributed by atoms with E-state index in [2.05, 4.69) is 11.9 Å². The first-order chi connectivity index (χ1) is 12.0. The van der Waals surface area contributed by atoms with E-state index < -0.39 is 0 Å². The van der Waals surface area contributed by atoms with E-state index in [1.165, 1.54) is 32.4 Å². The van der Waals surface area contributed by atoms with Crippen LogP contribution < -0.4 is 0 Å². The molecule has 0 spiro atoms. The second-order valence-corrected chi connectivity index (χ2v) is 7.09. The Labute approximate surface area is 154 Å². The fourth-order valence-electron chi connectivity index (χ4n) is 2.92. The number of rotatable bonds is 9. The molecule has 4 nitrogen and oxygen atoms in total. The molecule has 0 bridgehead atoms. The Morgan fingerprint density at radius 3 is 2.40 bits per heavy atom. The van der Waals surface area contributed by atoms with E-state index in [0.29, 0.717) is 6.42 Å². The van der Waals surface area contributed by atoms with E-state index in [4.69, 9.17) is 4.74 Å². The highest BCUT2D eigenvalue weighted by Crippen LogP contribution is 2.21. The molecular weight excluding hydrogens is 312 g/mol. The van der Waals surface area contributed by atoms with Gasteiger partial charge < -0.3 is 14.5 Å². The summed E-state index contributed by atoms with van der Waals surface area (Å²) in [5.41, 5.74) is 1.01. The quantitative estimate of drug-likeness (QED) is 0.358. The van der Waals surface area contributed by atoms with Crippen LogP contribution in [-0.2, 0) is 9.53 Å². The molecule has 1 aliphatic rings. The minimum absolute atomic E-state index is 0.110. The van der Waals surface area contributed by atoms with E-state index in [1.807, 2.05) is 38.2 Å². The first-order valence-corrected chi connectivity index (χ1v) is 9.47. The summed E-state index contributed by atoms with van der Waals surface area (Å²) in [5, 5.41) is 0. The normalized spacial score (nSPS) is 18.0. The summed E-state index contributed by atoms with van der Waals surface area (Å²) in [6, 6.07) is 0. The Bertz CT molecular complexity index is 484. The van der Waals surface area contributed by atoms with Gasteiger partial charge in [0.1, 0.15) is 5.76 Å². The van der Waals surface area contributed by atoms with Gasteiger partial charge in [-0.3, -0.25) is 4.79 Å². The SMILES string of the molecule is C\C=C(/C=C\C(=C/C)OCCCC1CCN(C)CC1)CC(=O)N(C)C. The molecule has 0 aromatic heterocycles. The highest BCUT2D eigenvalue weighted by atomic mass is 16.5. The lowest BCUT2D eigenvalue weighted by Gasteiger charge is -2.28. The van der Waals surface area contributed by atoms with Gasteiger partial charge in [0.25, 0.3) is 0 Å². The standard InChI is InChI=1S/C21H36N2O2/c1-6-18(17-21(24)22(3)4)10-11-20(7-2)25-16-8-9-19-12-14-23(5)15-13-19/h6-7,10-11,19H,8-9,12-17H2,1-5H3/b11-10-,18-6+,20-7+. The topological polar surface area (TPSA) is 32.8 Å². The smallest absolute Gasteiger partial charge is 0.226 e. The molecule has 0 aromatic carbocycles. The maximum atomic E-state index is 11.8. The highest BCUT2D eigenvalue weighted by molar-refractivity contribution is 5.78. The molecule has 0 N–H and O–H groups in total. The summed E-state index contributed by atoms with van der Waals surface area (Å²) in [6.45, 7) is 7.16. The Hall–Kier alpha value is -1.55. The van der Waals surface area contributed by atoms with E-state index in [1.54, 1.807) is 19.0 Å². The molecule has 0 aliphatic carbocycles. The van der Waals surface area contributed by atoms with E-state index >= 15 is 0 Å². The minimum Gasteiger partial charge on any atom is -0.494 e. The molecule has 25 heavy (non-hydrogen) atoms. The molecule has 0 saturated carbocycles. The van der Waals surface area contributed by atoms with Crippen molar-refractivity contribution in [3.8, 4) is 0 Å². The van der Waals surface area contributed by atoms with E-state index in [0.717, 1.165) is 30.3 Å². The minimum atomic E-state index is 0.110. The average Bonchev–Trinajstić information content (AvgIpc) is 2.61. The van der Waals surface area contributed by atoms with Crippen molar-refractivity contribution in [3.63, 3.8) is 0 Å². The van der Waals surface area contributed by atoms with Gasteiger partial charge in [-0.05, 0) is 83.3 Å². The molecule has 142 valence electrons. The second kappa shape index (κ2) is 11.9. The molecule has 1 amide bonds. The second-order valence-electron chi connectivity index (χ2n) is 7.09. The van der Waals surface area contributed by atoms with Crippen molar-refractivity contribution in [2.45, 2.75) is 46.0 Å². The zero-order chi connectivity index (χ0) is 18.7. The summed E-state index contributed by atoms with van der Waals surface area (Å²) in [6.07, 6.45) is 13.3. The van der Waals surface area contributed by atoms with Gasteiger partial charge in [-0.1, -0.05) is 12.2 Å². The fraction of sp³-hybridized carbons (Fsp3) is 0.667. The zero-order valence-corrected chi connectivity index (χ0v) is 16.8. The number of amides is 1. The molecule has 1 rings (SSSR count). The van der Waals surface area contributed by atoms with Crippen LogP contribution >= 0.6 is 0 Å². The van der Waals surface area contributed by atoms with Gasteiger partial charge in [-0.2, -0.15) is 0 Å². The molecular formula is C21H36N2O2. The van der Waals surface area contributed by atoms with Crippen molar-refractivity contribution < 1.29 is 9.53 Å². The van der Waals surface area contributed by atoms with Crippen LogP contribution in [0.3, 0.4) is 0 Å². The average molecular weight is 349 g/mol. The molecule has 0 atom stereocenters. The van der Waals surface area contributed by atoms with Crippen molar-refractivity contribution >= 4 is 5.91 Å². The van der Waals surface area contributed by atoms with Crippen LogP contribution in [0, 0.1) is 5.92 Å². The van der Waals surface area contributed by atoms with Crippen LogP contribution in [0.2, 0.25) is 0 Å². The molecule has 1 aliphatic heterocycles. The Morgan fingerprint density at radius 1 is 1.16 bits per heavy atom. The van der Waals surface area contributed by atoms with Gasteiger partial charge in [-0.15, -0.1) is 0 Å². The molecule has 0 radical (unpaired) electrons. The predicted molar refractivity (Wildman–Crippen MR) is 105 cm³/mol. The first-order valence-electron chi connectivity index (χ1n) is 9.47. The fourth-order valence-corrected chi connectivity index (χ4v) is 2.92. The number of carbonyl (C=O) groups excluding carboxylic acids is 1. The van der Waals surface area contributed by atoms with Gasteiger partial charge in [0.2, 0.25) is 5.91 Å². The third-order valence-electron chi connectivity index (χ3n) is 4.83. The number of carbonyl (C=O) groups is 1. The largest absolute Gasteiger partial charge is 0.494 e. The van der Waals surface area contributed by atoms with Crippen molar-refractivity contribution in [1.82, 2.24) is 9.80 Å². The van der Waals surface area contributed by atoms with Crippen LogP contribution in [0.4, 0.5) is 0 Å². The van der Waals surface area contributed by atoms with Crippen molar-refractivity contribution in [3.05, 3.63) is 35.6 Å². The van der Waals surface area contributed by atoms with Gasteiger partial charge in [0.15, 0.2) is 0 Å². The molecule has 0 aromatic rings. The third kappa shape index (κ3) is 8.92. The summed E-state index contributed by atoms with van der Waals surface area (Å²) in [5.74, 6) is 1.84. The maximum absolute atomic E-state index is 11.8. The number of ether oxygens (including phenoxy) is 1. The number of allylic oxidation sites excluding steroid dienone is 4. The monoisotopic (exact) mass is 348 g/mol. The lowest BCUT2D eigenvalue weighted by Crippen LogP contribution is -2.30. The Balaban J connectivity index is 2.32. The molecule has 1 saturated heterocycles. The third-order valence-corrected chi connectivity index (χ3v) is 4.83. The van der Waals surface area contributed by atoms with Gasteiger partial charge in [-0.25, -0.2) is 0 Å². The summed E-state index contributed by atoms with van der Waals surface area (Å²) < 4.78 is 5.89. The van der Waals surface area contributed by atoms with Crippen LogP contribution in [0.5, 0.6) is 0 Å². The summed E-state index contributed by atoms with van der Waals surface area (Å²) >= 11 is 0. The van der Waals surface area contributed by atoms with Crippen LogP contribution in [-0.4, -0.2) is 56.5 Å². The van der Waals surface area contributed by atoms with E-state index in [9.17, 15) is 4.79 Å². The zero-order valence-electron chi connectivity index (χ0n) is 16.8. The van der Waals surface area contributed by atoms with Crippen LogP contribution in [0.1, 0.15) is 46.0 Å². The van der Waals surface area contributed by atoms with Gasteiger partial charge in [0.05, 0.1) is 13.0 Å². The Morgan fingerprint density at radius 2 is 1.84 bits per heavy atom. The number of hydrogen-bond acceptors (Lipinski definition) is 3. The lowest BCUT2D eigenvalue weighted by atomic mass is 9.93. The van der Waals surface area contributed by atoms with Crippen molar-refractivity contribution in [2.75, 3.05) is 40.8 Å². The molecule has 1 heterocycles.